The first-order chi connectivity index (χ1) is 11.3. The molecule has 0 aliphatic carbocycles. The SMILES string of the molecule is CCN(Cc1ccccc1)c1nn(-c2ccccc2)nc1C#N. The molecule has 0 atom stereocenters. The standard InChI is InChI=1S/C18H17N5/c1-2-22(14-15-9-5-3-6-10-15)18-17(13-19)20-23(21-18)16-11-7-4-8-12-16/h3-12H,2,14H2,1H3. The van der Waals surface area contributed by atoms with Gasteiger partial charge in [-0.2, -0.15) is 5.26 Å². The number of benzene rings is 2. The van der Waals surface area contributed by atoms with Crippen LogP contribution in [0.3, 0.4) is 0 Å². The van der Waals surface area contributed by atoms with Crippen molar-refractivity contribution in [1.82, 2.24) is 15.0 Å². The van der Waals surface area contributed by atoms with Gasteiger partial charge in [0, 0.05) is 13.1 Å². The zero-order valence-corrected chi connectivity index (χ0v) is 12.9. The Balaban J connectivity index is 1.94. The minimum absolute atomic E-state index is 0.339. The van der Waals surface area contributed by atoms with E-state index in [4.69, 9.17) is 0 Å². The summed E-state index contributed by atoms with van der Waals surface area (Å²) in [6.45, 7) is 3.49. The third kappa shape index (κ3) is 3.22. The minimum atomic E-state index is 0.339. The number of rotatable bonds is 5. The Bertz CT molecular complexity index is 802. The summed E-state index contributed by atoms with van der Waals surface area (Å²) in [7, 11) is 0. The quantitative estimate of drug-likeness (QED) is 0.726. The summed E-state index contributed by atoms with van der Waals surface area (Å²) < 4.78 is 0. The fraction of sp³-hybridized carbons (Fsp3) is 0.167. The van der Waals surface area contributed by atoms with Crippen molar-refractivity contribution in [1.29, 1.82) is 5.26 Å². The topological polar surface area (TPSA) is 57.7 Å². The summed E-state index contributed by atoms with van der Waals surface area (Å²) >= 11 is 0. The van der Waals surface area contributed by atoms with Crippen LogP contribution < -0.4 is 4.90 Å². The van der Waals surface area contributed by atoms with E-state index in [1.807, 2.05) is 55.5 Å². The number of nitrogens with zero attached hydrogens (tertiary/aromatic N) is 5. The highest BCUT2D eigenvalue weighted by atomic mass is 15.5. The molecule has 0 fully saturated rings. The van der Waals surface area contributed by atoms with Gasteiger partial charge in [-0.15, -0.1) is 15.0 Å². The lowest BCUT2D eigenvalue weighted by molar-refractivity contribution is 0.733. The Morgan fingerprint density at radius 1 is 1.00 bits per heavy atom. The van der Waals surface area contributed by atoms with E-state index in [1.54, 1.807) is 0 Å². The summed E-state index contributed by atoms with van der Waals surface area (Å²) in [5.74, 6) is 0.614. The number of hydrogen-bond acceptors (Lipinski definition) is 4. The predicted octanol–water partition coefficient (Wildman–Crippen LogP) is 3.17. The second kappa shape index (κ2) is 6.75. The number of aromatic nitrogens is 3. The molecule has 5 nitrogen and oxygen atoms in total. The van der Waals surface area contributed by atoms with Gasteiger partial charge in [-0.3, -0.25) is 0 Å². The van der Waals surface area contributed by atoms with Crippen LogP contribution in [0.4, 0.5) is 5.82 Å². The van der Waals surface area contributed by atoms with Gasteiger partial charge in [-0.25, -0.2) is 0 Å². The van der Waals surface area contributed by atoms with Gasteiger partial charge in [0.15, 0.2) is 5.82 Å². The van der Waals surface area contributed by atoms with E-state index >= 15 is 0 Å². The molecule has 0 spiro atoms. The summed E-state index contributed by atoms with van der Waals surface area (Å²) in [5.41, 5.74) is 2.35. The zero-order valence-electron chi connectivity index (χ0n) is 12.9. The van der Waals surface area contributed by atoms with Crippen LogP contribution in [-0.4, -0.2) is 21.5 Å². The highest BCUT2D eigenvalue weighted by Gasteiger charge is 2.17. The molecule has 2 aromatic carbocycles. The number of anilines is 1. The molecule has 23 heavy (non-hydrogen) atoms. The molecule has 0 bridgehead atoms. The van der Waals surface area contributed by atoms with Gasteiger partial charge in [0.2, 0.25) is 5.69 Å². The normalized spacial score (nSPS) is 10.3. The number of para-hydroxylation sites is 1. The highest BCUT2D eigenvalue weighted by molar-refractivity contribution is 5.50. The minimum Gasteiger partial charge on any atom is -0.349 e. The summed E-state index contributed by atoms with van der Waals surface area (Å²) in [4.78, 5) is 3.57. The van der Waals surface area contributed by atoms with Crippen LogP contribution in [0.2, 0.25) is 0 Å². The smallest absolute Gasteiger partial charge is 0.207 e. The van der Waals surface area contributed by atoms with Crippen LogP contribution in [0.25, 0.3) is 5.69 Å². The van der Waals surface area contributed by atoms with Crippen LogP contribution in [-0.2, 0) is 6.54 Å². The molecule has 0 N–H and O–H groups in total. The van der Waals surface area contributed by atoms with E-state index in [9.17, 15) is 5.26 Å². The average Bonchev–Trinajstić information content (AvgIpc) is 3.05. The lowest BCUT2D eigenvalue weighted by atomic mass is 10.2. The third-order valence-electron chi connectivity index (χ3n) is 3.59. The Labute approximate surface area is 135 Å². The molecule has 0 unspecified atom stereocenters. The first kappa shape index (κ1) is 14.8. The van der Waals surface area contributed by atoms with Crippen molar-refractivity contribution in [3.63, 3.8) is 0 Å². The van der Waals surface area contributed by atoms with Gasteiger partial charge < -0.3 is 4.90 Å². The molecule has 3 rings (SSSR count). The first-order valence-corrected chi connectivity index (χ1v) is 7.53. The van der Waals surface area contributed by atoms with Gasteiger partial charge in [0.25, 0.3) is 0 Å². The Morgan fingerprint density at radius 2 is 1.65 bits per heavy atom. The van der Waals surface area contributed by atoms with Crippen LogP contribution in [0.15, 0.2) is 60.7 Å². The highest BCUT2D eigenvalue weighted by Crippen LogP contribution is 2.19. The first-order valence-electron chi connectivity index (χ1n) is 7.53. The van der Waals surface area contributed by atoms with E-state index in [-0.39, 0.29) is 0 Å². The molecule has 0 aliphatic heterocycles. The van der Waals surface area contributed by atoms with Crippen molar-refractivity contribution in [2.45, 2.75) is 13.5 Å². The predicted molar refractivity (Wildman–Crippen MR) is 89.2 cm³/mol. The van der Waals surface area contributed by atoms with E-state index in [1.165, 1.54) is 10.4 Å². The summed E-state index contributed by atoms with van der Waals surface area (Å²) in [6, 6.07) is 21.9. The molecule has 0 aliphatic rings. The lowest BCUT2D eigenvalue weighted by Crippen LogP contribution is -2.23. The largest absolute Gasteiger partial charge is 0.349 e. The maximum atomic E-state index is 9.40. The van der Waals surface area contributed by atoms with Crippen LogP contribution in [0.1, 0.15) is 18.2 Å². The van der Waals surface area contributed by atoms with E-state index in [0.717, 1.165) is 12.2 Å². The van der Waals surface area contributed by atoms with E-state index in [0.29, 0.717) is 18.1 Å². The van der Waals surface area contributed by atoms with E-state index < -0.39 is 0 Å². The maximum Gasteiger partial charge on any atom is 0.207 e. The second-order valence-corrected chi connectivity index (χ2v) is 5.11. The number of hydrogen-bond donors (Lipinski definition) is 0. The fourth-order valence-corrected chi connectivity index (χ4v) is 2.40. The van der Waals surface area contributed by atoms with Crippen molar-refractivity contribution >= 4 is 5.82 Å². The molecule has 114 valence electrons. The molecular weight excluding hydrogens is 286 g/mol. The second-order valence-electron chi connectivity index (χ2n) is 5.11. The van der Waals surface area contributed by atoms with E-state index in [2.05, 4.69) is 33.3 Å². The molecule has 5 heteroatoms. The van der Waals surface area contributed by atoms with Crippen LogP contribution in [0, 0.1) is 11.3 Å². The Hall–Kier alpha value is -3.13. The van der Waals surface area contributed by atoms with Crippen LogP contribution >= 0.6 is 0 Å². The van der Waals surface area contributed by atoms with Crippen molar-refractivity contribution in [3.05, 3.63) is 71.9 Å². The molecule has 0 saturated heterocycles. The third-order valence-corrected chi connectivity index (χ3v) is 3.59. The molecule has 1 aromatic heterocycles. The van der Waals surface area contributed by atoms with Crippen LogP contribution in [0.5, 0.6) is 0 Å². The molecule has 0 radical (unpaired) electrons. The monoisotopic (exact) mass is 303 g/mol. The van der Waals surface area contributed by atoms with Gasteiger partial charge in [-0.05, 0) is 24.6 Å². The van der Waals surface area contributed by atoms with Crippen molar-refractivity contribution in [2.75, 3.05) is 11.4 Å². The molecule has 1 heterocycles. The van der Waals surface area contributed by atoms with Gasteiger partial charge in [-0.1, -0.05) is 48.5 Å². The zero-order chi connectivity index (χ0) is 16.1. The Morgan fingerprint density at radius 3 is 2.26 bits per heavy atom. The molecular formula is C18H17N5. The molecule has 3 aromatic rings. The van der Waals surface area contributed by atoms with Gasteiger partial charge in [0.1, 0.15) is 6.07 Å². The average molecular weight is 303 g/mol. The molecule has 0 saturated carbocycles. The van der Waals surface area contributed by atoms with Crippen molar-refractivity contribution in [3.8, 4) is 11.8 Å². The lowest BCUT2D eigenvalue weighted by Gasteiger charge is -2.20. The maximum absolute atomic E-state index is 9.40. The summed E-state index contributed by atoms with van der Waals surface area (Å²) in [6.07, 6.45) is 0. The fourth-order valence-electron chi connectivity index (χ4n) is 2.40. The van der Waals surface area contributed by atoms with Crippen molar-refractivity contribution < 1.29 is 0 Å². The van der Waals surface area contributed by atoms with Gasteiger partial charge >= 0.3 is 0 Å². The molecule has 0 amide bonds. The number of nitriles is 1. The Kier molecular flexibility index (Phi) is 4.34. The summed E-state index contributed by atoms with van der Waals surface area (Å²) in [5, 5.41) is 18.2. The van der Waals surface area contributed by atoms with Crippen molar-refractivity contribution in [2.24, 2.45) is 0 Å². The van der Waals surface area contributed by atoms with Gasteiger partial charge in [0.05, 0.1) is 5.69 Å².